The molecule has 3 aromatic rings. The lowest BCUT2D eigenvalue weighted by atomic mass is 9.87. The Morgan fingerprint density at radius 3 is 2.32 bits per heavy atom. The van der Waals surface area contributed by atoms with Crippen molar-refractivity contribution in [1.82, 2.24) is 9.78 Å². The lowest BCUT2D eigenvalue weighted by Crippen LogP contribution is -2.18. The predicted molar refractivity (Wildman–Crippen MR) is 122 cm³/mol. The van der Waals surface area contributed by atoms with Crippen LogP contribution in [0.2, 0.25) is 0 Å². The van der Waals surface area contributed by atoms with E-state index in [-0.39, 0.29) is 22.8 Å². The Hall–Kier alpha value is -2.93. The zero-order valence-electron chi connectivity index (χ0n) is 18.5. The minimum Gasteiger partial charge on any atom is -0.306 e. The highest BCUT2D eigenvalue weighted by molar-refractivity contribution is 7.90. The van der Waals surface area contributed by atoms with E-state index >= 15 is 0 Å². The molecule has 31 heavy (non-hydrogen) atoms. The van der Waals surface area contributed by atoms with Crippen molar-refractivity contribution in [2.75, 3.05) is 5.32 Å². The standard InChI is InChI=1S/C24H27N3O3S/c1-15-6-11-21(16(2)12-15)27-22(19-13-31(29,30)14-20(19)26-27)25-23(28)17-7-9-18(10-8-17)24(3,4)5/h6-12H,13-14H2,1-5H3,(H,25,28). The molecule has 6 nitrogen and oxygen atoms in total. The average Bonchev–Trinajstić information content (AvgIpc) is 3.13. The number of aryl methyl sites for hydroxylation is 2. The lowest BCUT2D eigenvalue weighted by Gasteiger charge is -2.19. The molecule has 0 aliphatic carbocycles. The fourth-order valence-electron chi connectivity index (χ4n) is 3.89. The molecule has 2 heterocycles. The molecule has 0 unspecified atom stereocenters. The number of anilines is 1. The summed E-state index contributed by atoms with van der Waals surface area (Å²) in [6.45, 7) is 10.3. The van der Waals surface area contributed by atoms with Gasteiger partial charge in [-0.25, -0.2) is 13.1 Å². The maximum absolute atomic E-state index is 13.1. The van der Waals surface area contributed by atoms with Gasteiger partial charge in [-0.3, -0.25) is 4.79 Å². The summed E-state index contributed by atoms with van der Waals surface area (Å²) in [6, 6.07) is 13.4. The molecule has 2 aromatic carbocycles. The van der Waals surface area contributed by atoms with Crippen molar-refractivity contribution >= 4 is 21.6 Å². The number of carbonyl (C=O) groups is 1. The second kappa shape index (κ2) is 7.34. The van der Waals surface area contributed by atoms with Crippen LogP contribution in [0.15, 0.2) is 42.5 Å². The molecule has 0 radical (unpaired) electrons. The zero-order valence-corrected chi connectivity index (χ0v) is 19.3. The zero-order chi connectivity index (χ0) is 22.6. The summed E-state index contributed by atoms with van der Waals surface area (Å²) in [7, 11) is -3.25. The number of rotatable bonds is 3. The van der Waals surface area contributed by atoms with E-state index in [2.05, 4.69) is 31.2 Å². The summed E-state index contributed by atoms with van der Waals surface area (Å²) >= 11 is 0. The molecule has 7 heteroatoms. The number of hydrogen-bond acceptors (Lipinski definition) is 4. The van der Waals surface area contributed by atoms with E-state index in [1.54, 1.807) is 16.8 Å². The predicted octanol–water partition coefficient (Wildman–Crippen LogP) is 4.47. The molecule has 0 bridgehead atoms. The molecule has 0 saturated heterocycles. The van der Waals surface area contributed by atoms with Crippen LogP contribution in [0.3, 0.4) is 0 Å². The van der Waals surface area contributed by atoms with E-state index in [0.29, 0.717) is 22.6 Å². The highest BCUT2D eigenvalue weighted by atomic mass is 32.2. The number of hydrogen-bond donors (Lipinski definition) is 1. The van der Waals surface area contributed by atoms with Gasteiger partial charge < -0.3 is 5.32 Å². The van der Waals surface area contributed by atoms with Crippen LogP contribution >= 0.6 is 0 Å². The van der Waals surface area contributed by atoms with E-state index in [9.17, 15) is 13.2 Å². The van der Waals surface area contributed by atoms with Gasteiger partial charge in [-0.1, -0.05) is 50.6 Å². The normalized spacial score (nSPS) is 15.0. The van der Waals surface area contributed by atoms with Gasteiger partial charge in [-0.15, -0.1) is 0 Å². The van der Waals surface area contributed by atoms with Gasteiger partial charge in [0.1, 0.15) is 5.82 Å². The van der Waals surface area contributed by atoms with Crippen LogP contribution in [0.1, 0.15) is 59.1 Å². The smallest absolute Gasteiger partial charge is 0.256 e. The molecule has 0 spiro atoms. The monoisotopic (exact) mass is 437 g/mol. The largest absolute Gasteiger partial charge is 0.306 e. The van der Waals surface area contributed by atoms with Crippen molar-refractivity contribution in [3.05, 3.63) is 76.0 Å². The Morgan fingerprint density at radius 2 is 1.71 bits per heavy atom. The molecule has 0 fully saturated rings. The number of fused-ring (bicyclic) bond motifs is 1. The number of benzene rings is 2. The van der Waals surface area contributed by atoms with Gasteiger partial charge in [-0.05, 0) is 48.6 Å². The number of amides is 1. The Kier molecular flexibility index (Phi) is 5.04. The van der Waals surface area contributed by atoms with Gasteiger partial charge >= 0.3 is 0 Å². The molecule has 0 saturated carbocycles. The molecular weight excluding hydrogens is 410 g/mol. The van der Waals surface area contributed by atoms with Crippen LogP contribution < -0.4 is 5.32 Å². The molecule has 0 atom stereocenters. The minimum absolute atomic E-state index is 0.00816. The lowest BCUT2D eigenvalue weighted by molar-refractivity contribution is 0.102. The van der Waals surface area contributed by atoms with Gasteiger partial charge in [0, 0.05) is 11.1 Å². The molecular formula is C24H27N3O3S. The molecule has 1 amide bonds. The number of nitrogens with zero attached hydrogens (tertiary/aromatic N) is 2. The van der Waals surface area contributed by atoms with Crippen LogP contribution in [0.4, 0.5) is 5.82 Å². The maximum atomic E-state index is 13.1. The number of aromatic nitrogens is 2. The first-order valence-corrected chi connectivity index (χ1v) is 12.1. The van der Waals surface area contributed by atoms with E-state index in [1.165, 1.54) is 0 Å². The van der Waals surface area contributed by atoms with Crippen molar-refractivity contribution < 1.29 is 13.2 Å². The van der Waals surface area contributed by atoms with Crippen LogP contribution in [0.5, 0.6) is 0 Å². The van der Waals surface area contributed by atoms with Crippen LogP contribution in [0.25, 0.3) is 5.69 Å². The Labute approximate surface area is 183 Å². The number of carbonyl (C=O) groups excluding carboxylic acids is 1. The minimum atomic E-state index is -3.25. The van der Waals surface area contributed by atoms with E-state index in [1.807, 2.05) is 44.2 Å². The van der Waals surface area contributed by atoms with Gasteiger partial charge in [0.05, 0.1) is 22.9 Å². The fraction of sp³-hybridized carbons (Fsp3) is 0.333. The fourth-order valence-corrected chi connectivity index (χ4v) is 5.38. The number of nitrogens with one attached hydrogen (secondary N) is 1. The summed E-state index contributed by atoms with van der Waals surface area (Å²) < 4.78 is 26.0. The summed E-state index contributed by atoms with van der Waals surface area (Å²) in [5, 5.41) is 7.50. The highest BCUT2D eigenvalue weighted by Crippen LogP contribution is 2.34. The molecule has 162 valence electrons. The third-order valence-corrected chi connectivity index (χ3v) is 7.05. The second-order valence-electron chi connectivity index (χ2n) is 9.29. The van der Waals surface area contributed by atoms with Gasteiger partial charge in [0.2, 0.25) is 0 Å². The van der Waals surface area contributed by atoms with Crippen molar-refractivity contribution in [3.63, 3.8) is 0 Å². The van der Waals surface area contributed by atoms with Gasteiger partial charge in [0.15, 0.2) is 9.84 Å². The molecule has 1 aliphatic rings. The van der Waals surface area contributed by atoms with Crippen LogP contribution in [0, 0.1) is 13.8 Å². The average molecular weight is 438 g/mol. The summed E-state index contributed by atoms with van der Waals surface area (Å²) in [4.78, 5) is 13.1. The molecule has 4 rings (SSSR count). The van der Waals surface area contributed by atoms with Crippen molar-refractivity contribution in [2.45, 2.75) is 51.5 Å². The summed E-state index contributed by atoms with van der Waals surface area (Å²) in [5.74, 6) is -0.0961. The SMILES string of the molecule is Cc1ccc(-n2nc3c(c2NC(=O)c2ccc(C(C)(C)C)cc2)CS(=O)(=O)C3)c(C)c1. The first kappa shape index (κ1) is 21.3. The molecule has 1 aromatic heterocycles. The molecule has 1 aliphatic heterocycles. The topological polar surface area (TPSA) is 81.1 Å². The second-order valence-corrected chi connectivity index (χ2v) is 11.4. The van der Waals surface area contributed by atoms with Crippen LogP contribution in [-0.2, 0) is 26.8 Å². The molecule has 1 N–H and O–H groups in total. The van der Waals surface area contributed by atoms with Gasteiger partial charge in [0.25, 0.3) is 5.91 Å². The highest BCUT2D eigenvalue weighted by Gasteiger charge is 2.33. The number of sulfone groups is 1. The third-order valence-electron chi connectivity index (χ3n) is 5.61. The van der Waals surface area contributed by atoms with Crippen molar-refractivity contribution in [3.8, 4) is 5.69 Å². The van der Waals surface area contributed by atoms with E-state index < -0.39 is 9.84 Å². The van der Waals surface area contributed by atoms with Crippen molar-refractivity contribution in [1.29, 1.82) is 0 Å². The third kappa shape index (κ3) is 4.14. The Balaban J connectivity index is 1.74. The first-order valence-electron chi connectivity index (χ1n) is 10.3. The summed E-state index contributed by atoms with van der Waals surface area (Å²) in [6.07, 6.45) is 0. The maximum Gasteiger partial charge on any atom is 0.256 e. The Bertz CT molecular complexity index is 1280. The Morgan fingerprint density at radius 1 is 1.03 bits per heavy atom. The van der Waals surface area contributed by atoms with E-state index in [4.69, 9.17) is 0 Å². The first-order chi connectivity index (χ1) is 14.4. The van der Waals surface area contributed by atoms with Crippen molar-refractivity contribution in [2.24, 2.45) is 0 Å². The van der Waals surface area contributed by atoms with Gasteiger partial charge in [-0.2, -0.15) is 5.10 Å². The summed E-state index contributed by atoms with van der Waals surface area (Å²) in [5.41, 5.74) is 5.63. The van der Waals surface area contributed by atoms with Crippen LogP contribution in [-0.4, -0.2) is 24.1 Å². The quantitative estimate of drug-likeness (QED) is 0.656. The van der Waals surface area contributed by atoms with E-state index in [0.717, 1.165) is 22.4 Å².